The number of likely N-dealkylation sites (tertiary alicyclic amines) is 1. The van der Waals surface area contributed by atoms with E-state index in [4.69, 9.17) is 4.74 Å². The molecule has 24 heavy (non-hydrogen) atoms. The Kier molecular flexibility index (Phi) is 5.41. The third-order valence-corrected chi connectivity index (χ3v) is 5.50. The first-order valence-corrected chi connectivity index (χ1v) is 9.16. The minimum Gasteiger partial charge on any atom is -0.497 e. The van der Waals surface area contributed by atoms with E-state index in [1.54, 1.807) is 7.11 Å². The zero-order valence-corrected chi connectivity index (χ0v) is 15.4. The number of nitrogens with zero attached hydrogens (tertiary/aromatic N) is 2. The number of benzene rings is 1. The van der Waals surface area contributed by atoms with Crippen molar-refractivity contribution < 1.29 is 4.74 Å². The van der Waals surface area contributed by atoms with Crippen molar-refractivity contribution in [3.8, 4) is 5.75 Å². The summed E-state index contributed by atoms with van der Waals surface area (Å²) in [5.74, 6) is 2.47. The molecule has 0 spiro atoms. The SMILES string of the molecule is CN=C(NCc1ccc(C)s1)N1CCC(c2ccc(OC)cc2)C1. The maximum atomic E-state index is 5.25. The Balaban J connectivity index is 1.58. The molecule has 1 unspecified atom stereocenters. The molecule has 4 nitrogen and oxygen atoms in total. The van der Waals surface area contributed by atoms with Crippen LogP contribution in [0.5, 0.6) is 5.75 Å². The summed E-state index contributed by atoms with van der Waals surface area (Å²) in [5.41, 5.74) is 1.38. The van der Waals surface area contributed by atoms with Gasteiger partial charge in [0, 0.05) is 35.8 Å². The molecule has 1 aromatic heterocycles. The summed E-state index contributed by atoms with van der Waals surface area (Å²) in [6.45, 7) is 5.03. The summed E-state index contributed by atoms with van der Waals surface area (Å²) in [6.07, 6.45) is 1.16. The van der Waals surface area contributed by atoms with E-state index in [0.717, 1.165) is 37.8 Å². The number of aryl methyl sites for hydroxylation is 1. The lowest BCUT2D eigenvalue weighted by Gasteiger charge is -2.21. The van der Waals surface area contributed by atoms with Crippen molar-refractivity contribution in [3.63, 3.8) is 0 Å². The fourth-order valence-electron chi connectivity index (χ4n) is 3.18. The molecule has 1 N–H and O–H groups in total. The van der Waals surface area contributed by atoms with Gasteiger partial charge in [-0.25, -0.2) is 0 Å². The lowest BCUT2D eigenvalue weighted by Crippen LogP contribution is -2.39. The van der Waals surface area contributed by atoms with Gasteiger partial charge in [-0.2, -0.15) is 0 Å². The summed E-state index contributed by atoms with van der Waals surface area (Å²) in [5, 5.41) is 3.50. The van der Waals surface area contributed by atoms with E-state index in [2.05, 4.69) is 46.4 Å². The molecule has 1 aliphatic rings. The summed E-state index contributed by atoms with van der Waals surface area (Å²) in [4.78, 5) is 9.52. The van der Waals surface area contributed by atoms with Crippen LogP contribution < -0.4 is 10.1 Å². The lowest BCUT2D eigenvalue weighted by molar-refractivity contribution is 0.414. The van der Waals surface area contributed by atoms with Crippen molar-refractivity contribution in [1.29, 1.82) is 0 Å². The zero-order chi connectivity index (χ0) is 16.9. The number of nitrogens with one attached hydrogen (secondary N) is 1. The molecule has 0 amide bonds. The first kappa shape index (κ1) is 16.8. The monoisotopic (exact) mass is 343 g/mol. The van der Waals surface area contributed by atoms with Gasteiger partial charge in [-0.3, -0.25) is 4.99 Å². The smallest absolute Gasteiger partial charge is 0.193 e. The molecule has 1 atom stereocenters. The van der Waals surface area contributed by atoms with E-state index in [1.807, 2.05) is 30.5 Å². The Hall–Kier alpha value is -2.01. The Bertz CT molecular complexity index is 693. The van der Waals surface area contributed by atoms with Gasteiger partial charge < -0.3 is 15.0 Å². The Labute approximate surface area is 148 Å². The molecule has 0 radical (unpaired) electrons. The maximum Gasteiger partial charge on any atom is 0.193 e. The van der Waals surface area contributed by atoms with Crippen molar-refractivity contribution >= 4 is 17.3 Å². The van der Waals surface area contributed by atoms with Gasteiger partial charge in [0.25, 0.3) is 0 Å². The highest BCUT2D eigenvalue weighted by Crippen LogP contribution is 2.28. The van der Waals surface area contributed by atoms with E-state index < -0.39 is 0 Å². The fourth-order valence-corrected chi connectivity index (χ4v) is 4.01. The Morgan fingerprint density at radius 2 is 2.08 bits per heavy atom. The van der Waals surface area contributed by atoms with Crippen LogP contribution in [0, 0.1) is 6.92 Å². The number of aliphatic imine (C=N–C) groups is 1. The predicted octanol–water partition coefficient (Wildman–Crippen LogP) is 3.63. The molecular weight excluding hydrogens is 318 g/mol. The maximum absolute atomic E-state index is 5.25. The molecule has 2 aromatic rings. The molecular formula is C19H25N3OS. The highest BCUT2D eigenvalue weighted by molar-refractivity contribution is 7.11. The second kappa shape index (κ2) is 7.71. The minimum absolute atomic E-state index is 0.554. The van der Waals surface area contributed by atoms with E-state index in [1.165, 1.54) is 15.3 Å². The first-order valence-electron chi connectivity index (χ1n) is 8.34. The normalized spacial score (nSPS) is 18.0. The summed E-state index contributed by atoms with van der Waals surface area (Å²) in [6, 6.07) is 12.8. The number of rotatable bonds is 4. The van der Waals surface area contributed by atoms with Crippen molar-refractivity contribution in [3.05, 3.63) is 51.7 Å². The van der Waals surface area contributed by atoms with E-state index >= 15 is 0 Å². The van der Waals surface area contributed by atoms with Gasteiger partial charge in [0.1, 0.15) is 5.75 Å². The topological polar surface area (TPSA) is 36.9 Å². The number of hydrogen-bond donors (Lipinski definition) is 1. The van der Waals surface area contributed by atoms with Crippen LogP contribution in [0.2, 0.25) is 0 Å². The standard InChI is InChI=1S/C19H25N3OS/c1-14-4-9-18(24-14)12-21-19(20-2)22-11-10-16(13-22)15-5-7-17(23-3)8-6-15/h4-9,16H,10-13H2,1-3H3,(H,20,21). The molecule has 1 saturated heterocycles. The highest BCUT2D eigenvalue weighted by atomic mass is 32.1. The first-order chi connectivity index (χ1) is 11.7. The number of hydrogen-bond acceptors (Lipinski definition) is 3. The van der Waals surface area contributed by atoms with Gasteiger partial charge in [0.05, 0.1) is 13.7 Å². The second-order valence-corrected chi connectivity index (χ2v) is 7.49. The van der Waals surface area contributed by atoms with Gasteiger partial charge >= 0.3 is 0 Å². The van der Waals surface area contributed by atoms with Crippen LogP contribution in [-0.2, 0) is 6.54 Å². The molecule has 1 aromatic carbocycles. The number of methoxy groups -OCH3 is 1. The second-order valence-electron chi connectivity index (χ2n) is 6.12. The van der Waals surface area contributed by atoms with Crippen molar-refractivity contribution in [1.82, 2.24) is 10.2 Å². The summed E-state index contributed by atoms with van der Waals surface area (Å²) < 4.78 is 5.25. The van der Waals surface area contributed by atoms with Crippen LogP contribution >= 0.6 is 11.3 Å². The molecule has 128 valence electrons. The summed E-state index contributed by atoms with van der Waals surface area (Å²) in [7, 11) is 3.57. The summed E-state index contributed by atoms with van der Waals surface area (Å²) >= 11 is 1.84. The molecule has 0 saturated carbocycles. The van der Waals surface area contributed by atoms with E-state index in [-0.39, 0.29) is 0 Å². The zero-order valence-electron chi connectivity index (χ0n) is 14.6. The average molecular weight is 343 g/mol. The average Bonchev–Trinajstić information content (AvgIpc) is 3.25. The van der Waals surface area contributed by atoms with Crippen LogP contribution in [-0.4, -0.2) is 38.1 Å². The third kappa shape index (κ3) is 3.90. The van der Waals surface area contributed by atoms with E-state index in [0.29, 0.717) is 5.92 Å². The van der Waals surface area contributed by atoms with Crippen molar-refractivity contribution in [2.24, 2.45) is 4.99 Å². The Morgan fingerprint density at radius 1 is 1.29 bits per heavy atom. The minimum atomic E-state index is 0.554. The van der Waals surface area contributed by atoms with Crippen molar-refractivity contribution in [2.75, 3.05) is 27.2 Å². The van der Waals surface area contributed by atoms with Crippen LogP contribution in [0.25, 0.3) is 0 Å². The lowest BCUT2D eigenvalue weighted by atomic mass is 9.98. The largest absolute Gasteiger partial charge is 0.497 e. The van der Waals surface area contributed by atoms with Crippen LogP contribution in [0.15, 0.2) is 41.4 Å². The predicted molar refractivity (Wildman–Crippen MR) is 101 cm³/mol. The number of guanidine groups is 1. The van der Waals surface area contributed by atoms with Gasteiger partial charge in [-0.15, -0.1) is 11.3 Å². The van der Waals surface area contributed by atoms with Crippen LogP contribution in [0.1, 0.15) is 27.7 Å². The van der Waals surface area contributed by atoms with E-state index in [9.17, 15) is 0 Å². The van der Waals surface area contributed by atoms with Gasteiger partial charge in [-0.05, 0) is 43.2 Å². The molecule has 2 heterocycles. The number of thiophene rings is 1. The van der Waals surface area contributed by atoms with Crippen LogP contribution in [0.4, 0.5) is 0 Å². The molecule has 0 aliphatic carbocycles. The van der Waals surface area contributed by atoms with Gasteiger partial charge in [-0.1, -0.05) is 12.1 Å². The molecule has 3 rings (SSSR count). The third-order valence-electron chi connectivity index (χ3n) is 4.50. The Morgan fingerprint density at radius 3 is 2.71 bits per heavy atom. The highest BCUT2D eigenvalue weighted by Gasteiger charge is 2.26. The number of ether oxygens (including phenoxy) is 1. The van der Waals surface area contributed by atoms with Crippen molar-refractivity contribution in [2.45, 2.75) is 25.8 Å². The molecule has 1 fully saturated rings. The quantitative estimate of drug-likeness (QED) is 0.680. The molecule has 1 aliphatic heterocycles. The molecule has 5 heteroatoms. The molecule has 0 bridgehead atoms. The van der Waals surface area contributed by atoms with Crippen LogP contribution in [0.3, 0.4) is 0 Å². The van der Waals surface area contributed by atoms with Gasteiger partial charge in [0.15, 0.2) is 5.96 Å². The van der Waals surface area contributed by atoms with Gasteiger partial charge in [0.2, 0.25) is 0 Å². The fraction of sp³-hybridized carbons (Fsp3) is 0.421.